The Morgan fingerprint density at radius 3 is 2.68 bits per heavy atom. The van der Waals surface area contributed by atoms with E-state index in [1.54, 1.807) is 6.20 Å². The molecular formula is C18H28IN5O. The van der Waals surface area contributed by atoms with E-state index in [0.29, 0.717) is 6.54 Å². The van der Waals surface area contributed by atoms with Crippen molar-refractivity contribution in [1.29, 1.82) is 0 Å². The molecule has 1 heterocycles. The summed E-state index contributed by atoms with van der Waals surface area (Å²) >= 11 is 0. The number of nitrogens with zero attached hydrogens (tertiary/aromatic N) is 3. The van der Waals surface area contributed by atoms with Gasteiger partial charge in [0.2, 0.25) is 0 Å². The maximum atomic E-state index is 10.3. The number of rotatable bonds is 8. The van der Waals surface area contributed by atoms with E-state index in [1.165, 1.54) is 5.56 Å². The monoisotopic (exact) mass is 457 g/mol. The van der Waals surface area contributed by atoms with Gasteiger partial charge in [-0.2, -0.15) is 5.10 Å². The van der Waals surface area contributed by atoms with E-state index < -0.39 is 6.10 Å². The smallest absolute Gasteiger partial charge is 0.191 e. The molecule has 0 radical (unpaired) electrons. The van der Waals surface area contributed by atoms with E-state index >= 15 is 0 Å². The number of hydrogen-bond donors (Lipinski definition) is 3. The van der Waals surface area contributed by atoms with Gasteiger partial charge in [0.05, 0.1) is 12.6 Å². The lowest BCUT2D eigenvalue weighted by atomic mass is 10.1. The Kier molecular flexibility index (Phi) is 10.2. The fourth-order valence-corrected chi connectivity index (χ4v) is 2.29. The average Bonchev–Trinajstić information content (AvgIpc) is 3.10. The van der Waals surface area contributed by atoms with Gasteiger partial charge < -0.3 is 15.7 Å². The molecule has 138 valence electrons. The standard InChI is InChI=1S/C18H27N5O.HI/c1-3-19-18(20-10-4-12-23-13-5-11-22-23)21-14-17(24)16-8-6-15(2)7-9-16;/h5-9,11,13,17,24H,3-4,10,12,14H2,1-2H3,(H2,19,20,21);1H. The van der Waals surface area contributed by atoms with Gasteiger partial charge >= 0.3 is 0 Å². The van der Waals surface area contributed by atoms with E-state index in [-0.39, 0.29) is 24.0 Å². The van der Waals surface area contributed by atoms with Gasteiger partial charge in [0.25, 0.3) is 0 Å². The summed E-state index contributed by atoms with van der Waals surface area (Å²) in [5, 5.41) is 20.9. The highest BCUT2D eigenvalue weighted by Crippen LogP contribution is 2.13. The molecule has 0 saturated carbocycles. The van der Waals surface area contributed by atoms with Gasteiger partial charge in [0.15, 0.2) is 5.96 Å². The SMILES string of the molecule is CCNC(=NCC(O)c1ccc(C)cc1)NCCCn1cccn1.I. The Bertz CT molecular complexity index is 613. The van der Waals surface area contributed by atoms with Gasteiger partial charge in [0.1, 0.15) is 0 Å². The third-order valence-corrected chi connectivity index (χ3v) is 3.64. The van der Waals surface area contributed by atoms with Crippen LogP contribution >= 0.6 is 24.0 Å². The molecule has 0 saturated heterocycles. The Balaban J connectivity index is 0.00000312. The third kappa shape index (κ3) is 7.87. The number of aliphatic imine (C=N–C) groups is 1. The molecular weight excluding hydrogens is 429 g/mol. The van der Waals surface area contributed by atoms with Crippen LogP contribution in [-0.4, -0.2) is 40.5 Å². The zero-order valence-corrected chi connectivity index (χ0v) is 17.2. The summed E-state index contributed by atoms with van der Waals surface area (Å²) in [5.74, 6) is 0.726. The van der Waals surface area contributed by atoms with Gasteiger partial charge in [-0.1, -0.05) is 29.8 Å². The molecule has 0 amide bonds. The first-order valence-corrected chi connectivity index (χ1v) is 8.43. The molecule has 1 atom stereocenters. The zero-order chi connectivity index (χ0) is 17.2. The third-order valence-electron chi connectivity index (χ3n) is 3.64. The van der Waals surface area contributed by atoms with Crippen LogP contribution in [0.1, 0.15) is 30.6 Å². The van der Waals surface area contributed by atoms with Crippen LogP contribution in [0, 0.1) is 6.92 Å². The summed E-state index contributed by atoms with van der Waals surface area (Å²) in [4.78, 5) is 4.47. The molecule has 0 aliphatic carbocycles. The molecule has 0 spiro atoms. The van der Waals surface area contributed by atoms with Crippen molar-refractivity contribution in [2.24, 2.45) is 4.99 Å². The minimum absolute atomic E-state index is 0. The predicted molar refractivity (Wildman–Crippen MR) is 112 cm³/mol. The zero-order valence-electron chi connectivity index (χ0n) is 14.9. The van der Waals surface area contributed by atoms with Crippen LogP contribution in [0.25, 0.3) is 0 Å². The summed E-state index contributed by atoms with van der Waals surface area (Å²) in [6.07, 6.45) is 4.10. The highest BCUT2D eigenvalue weighted by Gasteiger charge is 2.07. The molecule has 0 fully saturated rings. The second-order valence-corrected chi connectivity index (χ2v) is 5.70. The van der Waals surface area contributed by atoms with Gasteiger partial charge in [-0.25, -0.2) is 0 Å². The van der Waals surface area contributed by atoms with Gasteiger partial charge in [-0.05, 0) is 31.9 Å². The van der Waals surface area contributed by atoms with Crippen molar-refractivity contribution >= 4 is 29.9 Å². The van der Waals surface area contributed by atoms with Crippen LogP contribution in [0.4, 0.5) is 0 Å². The van der Waals surface area contributed by atoms with Crippen molar-refractivity contribution in [2.75, 3.05) is 19.6 Å². The first-order chi connectivity index (χ1) is 11.7. The van der Waals surface area contributed by atoms with Crippen molar-refractivity contribution in [3.05, 3.63) is 53.9 Å². The quantitative estimate of drug-likeness (QED) is 0.247. The Labute approximate surface area is 166 Å². The van der Waals surface area contributed by atoms with Crippen LogP contribution in [0.3, 0.4) is 0 Å². The molecule has 0 aliphatic rings. The first kappa shape index (κ1) is 21.4. The number of benzene rings is 1. The topological polar surface area (TPSA) is 74.5 Å². The molecule has 2 aromatic rings. The molecule has 25 heavy (non-hydrogen) atoms. The summed E-state index contributed by atoms with van der Waals surface area (Å²) < 4.78 is 1.91. The maximum absolute atomic E-state index is 10.3. The summed E-state index contributed by atoms with van der Waals surface area (Å²) in [5.41, 5.74) is 2.07. The molecule has 1 aromatic carbocycles. The van der Waals surface area contributed by atoms with E-state index in [2.05, 4.69) is 20.7 Å². The van der Waals surface area contributed by atoms with E-state index in [4.69, 9.17) is 0 Å². The van der Waals surface area contributed by atoms with Crippen LogP contribution in [-0.2, 0) is 6.54 Å². The molecule has 3 N–H and O–H groups in total. The average molecular weight is 457 g/mol. The van der Waals surface area contributed by atoms with Crippen molar-refractivity contribution in [3.63, 3.8) is 0 Å². The number of nitrogens with one attached hydrogen (secondary N) is 2. The lowest BCUT2D eigenvalue weighted by molar-refractivity contribution is 0.187. The fourth-order valence-electron chi connectivity index (χ4n) is 2.29. The van der Waals surface area contributed by atoms with Crippen LogP contribution in [0.5, 0.6) is 0 Å². The van der Waals surface area contributed by atoms with Gasteiger partial charge in [-0.15, -0.1) is 24.0 Å². The van der Waals surface area contributed by atoms with Crippen LogP contribution in [0.2, 0.25) is 0 Å². The minimum atomic E-state index is -0.592. The Morgan fingerprint density at radius 2 is 2.04 bits per heavy atom. The number of aliphatic hydroxyl groups is 1. The second-order valence-electron chi connectivity index (χ2n) is 5.70. The predicted octanol–water partition coefficient (Wildman–Crippen LogP) is 2.49. The van der Waals surface area contributed by atoms with Crippen LogP contribution < -0.4 is 10.6 Å². The molecule has 6 nitrogen and oxygen atoms in total. The number of aryl methyl sites for hydroxylation is 2. The highest BCUT2D eigenvalue weighted by molar-refractivity contribution is 14.0. The first-order valence-electron chi connectivity index (χ1n) is 8.43. The second kappa shape index (κ2) is 11.9. The van der Waals surface area contributed by atoms with E-state index in [1.807, 2.05) is 55.1 Å². The summed E-state index contributed by atoms with van der Waals surface area (Å²) in [6.45, 7) is 6.84. The van der Waals surface area contributed by atoms with Gasteiger partial charge in [0, 0.05) is 32.0 Å². The van der Waals surface area contributed by atoms with Crippen molar-refractivity contribution in [2.45, 2.75) is 32.9 Å². The lowest BCUT2D eigenvalue weighted by Crippen LogP contribution is -2.38. The van der Waals surface area contributed by atoms with Crippen molar-refractivity contribution < 1.29 is 5.11 Å². The molecule has 0 bridgehead atoms. The molecule has 0 aliphatic heterocycles. The number of aromatic nitrogens is 2. The van der Waals surface area contributed by atoms with Crippen LogP contribution in [0.15, 0.2) is 47.7 Å². The molecule has 2 rings (SSSR count). The van der Waals surface area contributed by atoms with Crippen molar-refractivity contribution in [3.8, 4) is 0 Å². The number of guanidine groups is 1. The molecule has 1 aromatic heterocycles. The van der Waals surface area contributed by atoms with Crippen molar-refractivity contribution in [1.82, 2.24) is 20.4 Å². The Morgan fingerprint density at radius 1 is 1.28 bits per heavy atom. The summed E-state index contributed by atoms with van der Waals surface area (Å²) in [7, 11) is 0. The summed E-state index contributed by atoms with van der Waals surface area (Å²) in [6, 6.07) is 9.81. The molecule has 7 heteroatoms. The highest BCUT2D eigenvalue weighted by atomic mass is 127. The number of halogens is 1. The number of hydrogen-bond acceptors (Lipinski definition) is 3. The maximum Gasteiger partial charge on any atom is 0.191 e. The number of aliphatic hydroxyl groups excluding tert-OH is 1. The lowest BCUT2D eigenvalue weighted by Gasteiger charge is -2.13. The largest absolute Gasteiger partial charge is 0.386 e. The fraction of sp³-hybridized carbons (Fsp3) is 0.444. The Hall–Kier alpha value is -1.61. The van der Waals surface area contributed by atoms with E-state index in [0.717, 1.165) is 37.6 Å². The minimum Gasteiger partial charge on any atom is -0.386 e. The molecule has 1 unspecified atom stereocenters. The van der Waals surface area contributed by atoms with Gasteiger partial charge in [-0.3, -0.25) is 9.67 Å². The normalized spacial score (nSPS) is 12.4. The van der Waals surface area contributed by atoms with E-state index in [9.17, 15) is 5.11 Å².